The molecule has 0 bridgehead atoms. The summed E-state index contributed by atoms with van der Waals surface area (Å²) in [5.41, 5.74) is 0.992. The van der Waals surface area contributed by atoms with E-state index in [0.29, 0.717) is 6.54 Å². The lowest BCUT2D eigenvalue weighted by molar-refractivity contribution is 0.135. The Morgan fingerprint density at radius 3 is 2.62 bits per heavy atom. The van der Waals surface area contributed by atoms with Gasteiger partial charge in [-0.15, -0.1) is 0 Å². The van der Waals surface area contributed by atoms with Gasteiger partial charge in [-0.3, -0.25) is 9.80 Å². The largest absolute Gasteiger partial charge is 0.361 e. The fourth-order valence-corrected chi connectivity index (χ4v) is 1.93. The van der Waals surface area contributed by atoms with Gasteiger partial charge < -0.3 is 4.52 Å². The van der Waals surface area contributed by atoms with Crippen molar-refractivity contribution in [2.24, 2.45) is 0 Å². The van der Waals surface area contributed by atoms with Crippen LogP contribution in [0.1, 0.15) is 11.5 Å². The van der Waals surface area contributed by atoms with Crippen molar-refractivity contribution in [3.8, 4) is 6.07 Å². The zero-order chi connectivity index (χ0) is 11.4. The molecule has 0 spiro atoms. The lowest BCUT2D eigenvalue weighted by atomic mass is 10.3. The van der Waals surface area contributed by atoms with Gasteiger partial charge in [0.15, 0.2) is 0 Å². The van der Waals surface area contributed by atoms with Crippen LogP contribution in [0, 0.1) is 18.3 Å². The fourth-order valence-electron chi connectivity index (χ4n) is 1.93. The van der Waals surface area contributed by atoms with Gasteiger partial charge in [0.25, 0.3) is 0 Å². The molecule has 0 saturated carbocycles. The second kappa shape index (κ2) is 5.10. The number of piperazine rings is 1. The molecule has 86 valence electrons. The summed E-state index contributed by atoms with van der Waals surface area (Å²) in [6.45, 7) is 7.20. The van der Waals surface area contributed by atoms with Crippen molar-refractivity contribution in [2.75, 3.05) is 32.7 Å². The summed E-state index contributed by atoms with van der Waals surface area (Å²) in [6.07, 6.45) is 0. The second-order valence-electron chi connectivity index (χ2n) is 4.14. The SMILES string of the molecule is Cc1cc(CN2CCN(CC#N)CC2)no1. The van der Waals surface area contributed by atoms with Crippen molar-refractivity contribution >= 4 is 0 Å². The van der Waals surface area contributed by atoms with E-state index >= 15 is 0 Å². The number of rotatable bonds is 3. The van der Waals surface area contributed by atoms with Gasteiger partial charge in [0.1, 0.15) is 5.76 Å². The number of nitrogens with zero attached hydrogens (tertiary/aromatic N) is 4. The molecule has 1 aliphatic heterocycles. The van der Waals surface area contributed by atoms with Gasteiger partial charge in [-0.05, 0) is 6.92 Å². The third kappa shape index (κ3) is 2.81. The van der Waals surface area contributed by atoms with Gasteiger partial charge in [0.2, 0.25) is 0 Å². The first kappa shape index (κ1) is 11.1. The van der Waals surface area contributed by atoms with Crippen LogP contribution in [0.2, 0.25) is 0 Å². The zero-order valence-electron chi connectivity index (χ0n) is 9.52. The van der Waals surface area contributed by atoms with E-state index < -0.39 is 0 Å². The molecule has 0 unspecified atom stereocenters. The molecule has 2 heterocycles. The highest BCUT2D eigenvalue weighted by Crippen LogP contribution is 2.08. The molecule has 5 nitrogen and oxygen atoms in total. The van der Waals surface area contributed by atoms with Crippen LogP contribution in [0.25, 0.3) is 0 Å². The minimum atomic E-state index is 0.539. The summed E-state index contributed by atoms with van der Waals surface area (Å²) in [5.74, 6) is 0.859. The predicted molar refractivity (Wildman–Crippen MR) is 58.6 cm³/mol. The van der Waals surface area contributed by atoms with E-state index in [4.69, 9.17) is 9.78 Å². The van der Waals surface area contributed by atoms with Crippen LogP contribution in [0.15, 0.2) is 10.6 Å². The molecule has 1 saturated heterocycles. The van der Waals surface area contributed by atoms with Crippen LogP contribution in [0.3, 0.4) is 0 Å². The molecule has 0 aliphatic carbocycles. The average molecular weight is 220 g/mol. The molecule has 0 amide bonds. The standard InChI is InChI=1S/C11H16N4O/c1-10-8-11(13-16-10)9-15-6-4-14(3-2-12)5-7-15/h8H,3-7,9H2,1H3. The maximum absolute atomic E-state index is 8.59. The zero-order valence-corrected chi connectivity index (χ0v) is 9.52. The van der Waals surface area contributed by atoms with E-state index in [1.165, 1.54) is 0 Å². The number of hydrogen-bond acceptors (Lipinski definition) is 5. The molecule has 2 rings (SSSR count). The van der Waals surface area contributed by atoms with Crippen molar-refractivity contribution < 1.29 is 4.52 Å². The van der Waals surface area contributed by atoms with Crippen LogP contribution in [0.4, 0.5) is 0 Å². The van der Waals surface area contributed by atoms with Crippen molar-refractivity contribution in [3.63, 3.8) is 0 Å². The van der Waals surface area contributed by atoms with Crippen LogP contribution < -0.4 is 0 Å². The Kier molecular flexibility index (Phi) is 3.54. The summed E-state index contributed by atoms with van der Waals surface area (Å²) < 4.78 is 5.04. The molecule has 1 aromatic rings. The summed E-state index contributed by atoms with van der Waals surface area (Å²) in [7, 11) is 0. The van der Waals surface area contributed by atoms with Gasteiger partial charge in [-0.25, -0.2) is 0 Å². The maximum Gasteiger partial charge on any atom is 0.133 e. The predicted octanol–water partition coefficient (Wildman–Crippen LogP) is 0.624. The third-order valence-corrected chi connectivity index (χ3v) is 2.82. The normalized spacial score (nSPS) is 18.5. The molecule has 1 fully saturated rings. The smallest absolute Gasteiger partial charge is 0.133 e. The summed E-state index contributed by atoms with van der Waals surface area (Å²) in [6, 6.07) is 4.16. The van der Waals surface area contributed by atoms with Crippen molar-refractivity contribution in [3.05, 3.63) is 17.5 Å². The number of aromatic nitrogens is 1. The van der Waals surface area contributed by atoms with E-state index in [2.05, 4.69) is 21.0 Å². The maximum atomic E-state index is 8.59. The van der Waals surface area contributed by atoms with Crippen molar-refractivity contribution in [1.29, 1.82) is 5.26 Å². The lowest BCUT2D eigenvalue weighted by Crippen LogP contribution is -2.45. The molecule has 0 aromatic carbocycles. The van der Waals surface area contributed by atoms with Crippen molar-refractivity contribution in [1.82, 2.24) is 15.0 Å². The topological polar surface area (TPSA) is 56.3 Å². The van der Waals surface area contributed by atoms with Gasteiger partial charge in [0, 0.05) is 38.8 Å². The second-order valence-corrected chi connectivity index (χ2v) is 4.14. The Bertz CT molecular complexity index is 374. The van der Waals surface area contributed by atoms with Gasteiger partial charge in [-0.1, -0.05) is 5.16 Å². The van der Waals surface area contributed by atoms with E-state index in [1.807, 2.05) is 13.0 Å². The number of hydrogen-bond donors (Lipinski definition) is 0. The molecular formula is C11H16N4O. The monoisotopic (exact) mass is 220 g/mol. The molecule has 16 heavy (non-hydrogen) atoms. The first-order valence-corrected chi connectivity index (χ1v) is 5.52. The Morgan fingerprint density at radius 2 is 2.06 bits per heavy atom. The Balaban J connectivity index is 1.79. The van der Waals surface area contributed by atoms with Gasteiger partial charge >= 0.3 is 0 Å². The van der Waals surface area contributed by atoms with Gasteiger partial charge in [-0.2, -0.15) is 5.26 Å². The first-order valence-electron chi connectivity index (χ1n) is 5.52. The third-order valence-electron chi connectivity index (χ3n) is 2.82. The molecule has 0 radical (unpaired) electrons. The van der Waals surface area contributed by atoms with Crippen molar-refractivity contribution in [2.45, 2.75) is 13.5 Å². The molecule has 1 aliphatic rings. The molecular weight excluding hydrogens is 204 g/mol. The van der Waals surface area contributed by atoms with Crippen LogP contribution in [-0.4, -0.2) is 47.7 Å². The Morgan fingerprint density at radius 1 is 1.38 bits per heavy atom. The number of aryl methyl sites for hydroxylation is 1. The molecule has 5 heteroatoms. The lowest BCUT2D eigenvalue weighted by Gasteiger charge is -2.32. The minimum Gasteiger partial charge on any atom is -0.361 e. The van der Waals surface area contributed by atoms with E-state index in [0.717, 1.165) is 44.2 Å². The average Bonchev–Trinajstić information content (AvgIpc) is 2.67. The summed E-state index contributed by atoms with van der Waals surface area (Å²) >= 11 is 0. The van der Waals surface area contributed by atoms with E-state index in [-0.39, 0.29) is 0 Å². The molecule has 0 N–H and O–H groups in total. The van der Waals surface area contributed by atoms with E-state index in [9.17, 15) is 0 Å². The summed E-state index contributed by atoms with van der Waals surface area (Å²) in [4.78, 5) is 4.51. The van der Waals surface area contributed by atoms with Crippen LogP contribution in [0.5, 0.6) is 0 Å². The summed E-state index contributed by atoms with van der Waals surface area (Å²) in [5, 5.41) is 12.6. The highest BCUT2D eigenvalue weighted by atomic mass is 16.5. The first-order chi connectivity index (χ1) is 7.78. The highest BCUT2D eigenvalue weighted by molar-refractivity contribution is 5.03. The Labute approximate surface area is 95.2 Å². The molecule has 0 atom stereocenters. The minimum absolute atomic E-state index is 0.539. The number of nitriles is 1. The fraction of sp³-hybridized carbons (Fsp3) is 0.636. The molecule has 1 aromatic heterocycles. The van der Waals surface area contributed by atoms with Crippen LogP contribution in [-0.2, 0) is 6.54 Å². The van der Waals surface area contributed by atoms with E-state index in [1.54, 1.807) is 0 Å². The van der Waals surface area contributed by atoms with Gasteiger partial charge in [0.05, 0.1) is 18.3 Å². The quantitative estimate of drug-likeness (QED) is 0.699. The van der Waals surface area contributed by atoms with Crippen LogP contribution >= 0.6 is 0 Å². The Hall–Kier alpha value is -1.38. The highest BCUT2D eigenvalue weighted by Gasteiger charge is 2.17.